The van der Waals surface area contributed by atoms with Gasteiger partial charge >= 0.3 is 111 Å². The van der Waals surface area contributed by atoms with Gasteiger partial charge in [0.2, 0.25) is 0 Å². The number of carbonyl (C=O) groups is 1. The first-order valence-corrected chi connectivity index (χ1v) is 10.5. The summed E-state index contributed by atoms with van der Waals surface area (Å²) in [6.45, 7) is 12.4. The summed E-state index contributed by atoms with van der Waals surface area (Å²) in [4.78, 5) is 11.3. The summed E-state index contributed by atoms with van der Waals surface area (Å²) >= 11 is 1.83. The van der Waals surface area contributed by atoms with Crippen LogP contribution in [-0.2, 0) is 4.79 Å². The van der Waals surface area contributed by atoms with E-state index in [1.807, 2.05) is 11.8 Å². The molecule has 0 aromatic carbocycles. The Morgan fingerprint density at radius 1 is 1.24 bits per heavy atom. The molecule has 0 heterocycles. The SMILES string of the molecule is C=C(C)C(=O)NCSCC[PH](CC)(CC)CC. The molecule has 0 radical (unpaired) electrons. The number of thioether (sulfide) groups is 1. The number of nitrogens with one attached hydrogen (secondary N) is 1. The number of carbonyl (C=O) groups excluding carboxylic acids is 1. The van der Waals surface area contributed by atoms with Crippen LogP contribution in [0.1, 0.15) is 27.7 Å². The van der Waals surface area contributed by atoms with Gasteiger partial charge in [-0.05, 0) is 0 Å². The number of hydrogen-bond acceptors (Lipinski definition) is 2. The summed E-state index contributed by atoms with van der Waals surface area (Å²) in [5.74, 6) is 1.87. The summed E-state index contributed by atoms with van der Waals surface area (Å²) in [6.07, 6.45) is 5.54. The van der Waals surface area contributed by atoms with Gasteiger partial charge in [0.25, 0.3) is 0 Å². The molecule has 0 aliphatic carbocycles. The minimum atomic E-state index is -0.967. The average Bonchev–Trinajstić information content (AvgIpc) is 2.34. The fraction of sp³-hybridized carbons (Fsp3) is 0.769. The molecule has 1 N–H and O–H groups in total. The predicted molar refractivity (Wildman–Crippen MR) is 85.1 cm³/mol. The van der Waals surface area contributed by atoms with Crippen LogP contribution >= 0.6 is 19.0 Å². The Hall–Kier alpha value is -0.0100. The van der Waals surface area contributed by atoms with Gasteiger partial charge < -0.3 is 0 Å². The van der Waals surface area contributed by atoms with Crippen molar-refractivity contribution in [2.45, 2.75) is 27.7 Å². The first kappa shape index (κ1) is 17.0. The molecule has 0 aromatic heterocycles. The van der Waals surface area contributed by atoms with Gasteiger partial charge in [0.1, 0.15) is 0 Å². The zero-order chi connectivity index (χ0) is 13.3. The zero-order valence-electron chi connectivity index (χ0n) is 11.8. The maximum atomic E-state index is 11.3. The molecule has 0 aliphatic rings. The summed E-state index contributed by atoms with van der Waals surface area (Å²) in [5.41, 5.74) is 0.588. The van der Waals surface area contributed by atoms with Crippen molar-refractivity contribution in [2.24, 2.45) is 0 Å². The molecule has 0 spiro atoms. The molecule has 4 heteroatoms. The zero-order valence-corrected chi connectivity index (χ0v) is 13.6. The molecule has 17 heavy (non-hydrogen) atoms. The normalized spacial score (nSPS) is 12.2. The van der Waals surface area contributed by atoms with Crippen LogP contribution < -0.4 is 5.32 Å². The van der Waals surface area contributed by atoms with Crippen molar-refractivity contribution in [1.29, 1.82) is 0 Å². The molecule has 0 rings (SSSR count). The minimum absolute atomic E-state index is 0.0255. The van der Waals surface area contributed by atoms with Crippen molar-refractivity contribution in [2.75, 3.05) is 36.3 Å². The van der Waals surface area contributed by atoms with Crippen molar-refractivity contribution in [3.63, 3.8) is 0 Å². The molecule has 1 amide bonds. The van der Waals surface area contributed by atoms with Gasteiger partial charge in [-0.15, -0.1) is 0 Å². The fourth-order valence-corrected chi connectivity index (χ4v) is 7.16. The summed E-state index contributed by atoms with van der Waals surface area (Å²) in [7, 11) is -0.967. The van der Waals surface area contributed by atoms with Crippen molar-refractivity contribution >= 4 is 24.9 Å². The van der Waals surface area contributed by atoms with Crippen LogP contribution in [0.3, 0.4) is 0 Å². The summed E-state index contributed by atoms with van der Waals surface area (Å²) in [6, 6.07) is 0. The Balaban J connectivity index is 3.76. The second-order valence-electron chi connectivity index (χ2n) is 4.65. The van der Waals surface area contributed by atoms with E-state index >= 15 is 0 Å². The first-order chi connectivity index (χ1) is 8.01. The Morgan fingerprint density at radius 3 is 2.18 bits per heavy atom. The van der Waals surface area contributed by atoms with E-state index in [4.69, 9.17) is 0 Å². The van der Waals surface area contributed by atoms with Crippen molar-refractivity contribution in [1.82, 2.24) is 5.32 Å². The molecule has 2 nitrogen and oxygen atoms in total. The molecule has 0 saturated heterocycles. The van der Waals surface area contributed by atoms with E-state index in [-0.39, 0.29) is 5.91 Å². The van der Waals surface area contributed by atoms with Gasteiger partial charge in [0.15, 0.2) is 0 Å². The topological polar surface area (TPSA) is 29.1 Å². The van der Waals surface area contributed by atoms with E-state index in [0.29, 0.717) is 11.4 Å². The van der Waals surface area contributed by atoms with Crippen molar-refractivity contribution in [3.05, 3.63) is 12.2 Å². The Kier molecular flexibility index (Phi) is 8.99. The molecule has 0 atom stereocenters. The third-order valence-electron chi connectivity index (χ3n) is 3.75. The third kappa shape index (κ3) is 6.47. The average molecular weight is 277 g/mol. The van der Waals surface area contributed by atoms with Crippen LogP contribution in [0.25, 0.3) is 0 Å². The van der Waals surface area contributed by atoms with Gasteiger partial charge in [-0.3, -0.25) is 0 Å². The fourth-order valence-electron chi connectivity index (χ4n) is 1.91. The van der Waals surface area contributed by atoms with E-state index in [9.17, 15) is 4.79 Å². The predicted octanol–water partition coefficient (Wildman–Crippen LogP) is 3.18. The summed E-state index contributed by atoms with van der Waals surface area (Å²) in [5, 5.41) is 2.86. The van der Waals surface area contributed by atoms with E-state index in [1.54, 1.807) is 6.92 Å². The molecule has 0 aromatic rings. The maximum absolute atomic E-state index is 11.3. The van der Waals surface area contributed by atoms with Gasteiger partial charge in [0, 0.05) is 0 Å². The van der Waals surface area contributed by atoms with Crippen LogP contribution in [0, 0.1) is 0 Å². The number of rotatable bonds is 9. The Labute approximate surface area is 111 Å². The first-order valence-electron chi connectivity index (χ1n) is 6.52. The van der Waals surface area contributed by atoms with Gasteiger partial charge in [-0.25, -0.2) is 0 Å². The van der Waals surface area contributed by atoms with Gasteiger partial charge in [0.05, 0.1) is 0 Å². The molecule has 0 fully saturated rings. The molecular weight excluding hydrogens is 249 g/mol. The molecule has 0 unspecified atom stereocenters. The second kappa shape index (κ2) is 8.99. The van der Waals surface area contributed by atoms with Crippen LogP contribution in [-0.4, -0.2) is 42.2 Å². The van der Waals surface area contributed by atoms with Crippen LogP contribution in [0.4, 0.5) is 0 Å². The van der Waals surface area contributed by atoms with Crippen molar-refractivity contribution < 1.29 is 4.79 Å². The quantitative estimate of drug-likeness (QED) is 0.303. The third-order valence-corrected chi connectivity index (χ3v) is 10.8. The molecule has 102 valence electrons. The van der Waals surface area contributed by atoms with Crippen molar-refractivity contribution in [3.8, 4) is 0 Å². The standard InChI is InChI=1S/C13H28NOPS/c1-6-16(7-2,8-3)9-10-17-11-14-13(15)12(4)5/h16H,4,6-11H2,1-3,5H3,(H,14,15). The summed E-state index contributed by atoms with van der Waals surface area (Å²) < 4.78 is 0. The van der Waals surface area contributed by atoms with E-state index in [2.05, 4.69) is 32.7 Å². The number of hydrogen-bond donors (Lipinski definition) is 1. The Bertz CT molecular complexity index is 244. The van der Waals surface area contributed by atoms with Crippen LogP contribution in [0.15, 0.2) is 12.2 Å². The second-order valence-corrected chi connectivity index (χ2v) is 11.4. The molecule has 0 bridgehead atoms. The monoisotopic (exact) mass is 277 g/mol. The molecule has 0 saturated carbocycles. The van der Waals surface area contributed by atoms with E-state index < -0.39 is 7.26 Å². The van der Waals surface area contributed by atoms with E-state index in [1.165, 1.54) is 30.4 Å². The van der Waals surface area contributed by atoms with Gasteiger partial charge in [-0.2, -0.15) is 0 Å². The van der Waals surface area contributed by atoms with E-state index in [0.717, 1.165) is 0 Å². The van der Waals surface area contributed by atoms with Crippen LogP contribution in [0.2, 0.25) is 0 Å². The molecular formula is C13H28NOPS. The van der Waals surface area contributed by atoms with Crippen LogP contribution in [0.5, 0.6) is 0 Å². The van der Waals surface area contributed by atoms with Gasteiger partial charge in [-0.1, -0.05) is 0 Å². The molecule has 0 aliphatic heterocycles. The number of amides is 1. The Morgan fingerprint density at radius 2 is 1.76 bits per heavy atom.